The van der Waals surface area contributed by atoms with E-state index in [2.05, 4.69) is 26.3 Å². The molecule has 1 aliphatic heterocycles. The molecule has 1 saturated heterocycles. The van der Waals surface area contributed by atoms with E-state index in [9.17, 15) is 29.1 Å². The number of aliphatic carboxylic acids is 1. The topological polar surface area (TPSA) is 196 Å². The Morgan fingerprint density at radius 3 is 2.46 bits per heavy atom. The zero-order valence-corrected chi connectivity index (χ0v) is 19.3. The van der Waals surface area contributed by atoms with Crippen molar-refractivity contribution < 1.29 is 29.1 Å². The van der Waals surface area contributed by atoms with Crippen LogP contribution in [0, 0.1) is 0 Å². The molecular weight excluding hydrogens is 456 g/mol. The van der Waals surface area contributed by atoms with E-state index in [1.54, 1.807) is 6.20 Å². The first kappa shape index (κ1) is 25.7. The van der Waals surface area contributed by atoms with Crippen molar-refractivity contribution in [3.63, 3.8) is 0 Å². The van der Waals surface area contributed by atoms with Crippen LogP contribution in [0.25, 0.3) is 10.9 Å². The number of aromatic nitrogens is 1. The zero-order valence-electron chi connectivity index (χ0n) is 19.3. The first-order valence-electron chi connectivity index (χ1n) is 11.4. The number of carboxylic acids is 1. The number of hydrogen-bond donors (Lipinski definition) is 7. The van der Waals surface area contributed by atoms with E-state index in [4.69, 9.17) is 5.73 Å². The summed E-state index contributed by atoms with van der Waals surface area (Å²) in [5.74, 6) is -4.05. The quantitative estimate of drug-likeness (QED) is 0.209. The van der Waals surface area contributed by atoms with Gasteiger partial charge in [-0.05, 0) is 37.9 Å². The van der Waals surface area contributed by atoms with Crippen LogP contribution in [0.3, 0.4) is 0 Å². The number of carbonyl (C=O) groups is 5. The summed E-state index contributed by atoms with van der Waals surface area (Å²) in [6.07, 6.45) is 2.67. The fourth-order valence-electron chi connectivity index (χ4n) is 3.99. The summed E-state index contributed by atoms with van der Waals surface area (Å²) in [6.45, 7) is 2.22. The maximum absolute atomic E-state index is 13.0. The SMILES string of the molecule is CC(NC(=O)C1CCCN1)C(=O)NC(Cc1c[nH]c2ccccc12)C(=O)NC(CC(N)=O)C(=O)O. The van der Waals surface area contributed by atoms with Gasteiger partial charge in [0.05, 0.1) is 12.5 Å². The lowest BCUT2D eigenvalue weighted by Crippen LogP contribution is -2.57. The number of benzene rings is 1. The third-order valence-electron chi connectivity index (χ3n) is 5.88. The molecule has 2 heterocycles. The molecule has 0 spiro atoms. The van der Waals surface area contributed by atoms with E-state index in [1.807, 2.05) is 24.3 Å². The summed E-state index contributed by atoms with van der Waals surface area (Å²) in [5.41, 5.74) is 6.65. The molecule has 0 bridgehead atoms. The van der Waals surface area contributed by atoms with Crippen LogP contribution in [0.1, 0.15) is 31.7 Å². The Kier molecular flexibility index (Phi) is 8.42. The maximum Gasteiger partial charge on any atom is 0.326 e. The fourth-order valence-corrected chi connectivity index (χ4v) is 3.99. The van der Waals surface area contributed by atoms with Crippen molar-refractivity contribution in [2.75, 3.05) is 6.54 Å². The molecule has 188 valence electrons. The van der Waals surface area contributed by atoms with E-state index in [0.29, 0.717) is 6.42 Å². The number of nitrogens with one attached hydrogen (secondary N) is 5. The Morgan fingerprint density at radius 2 is 1.80 bits per heavy atom. The summed E-state index contributed by atoms with van der Waals surface area (Å²) in [4.78, 5) is 64.1. The minimum Gasteiger partial charge on any atom is -0.480 e. The summed E-state index contributed by atoms with van der Waals surface area (Å²) >= 11 is 0. The van der Waals surface area contributed by atoms with E-state index in [-0.39, 0.29) is 18.4 Å². The fraction of sp³-hybridized carbons (Fsp3) is 0.435. The number of para-hydroxylation sites is 1. The van der Waals surface area contributed by atoms with Crippen molar-refractivity contribution in [3.8, 4) is 0 Å². The molecular formula is C23H30N6O6. The molecule has 35 heavy (non-hydrogen) atoms. The highest BCUT2D eigenvalue weighted by Gasteiger charge is 2.31. The monoisotopic (exact) mass is 486 g/mol. The molecule has 12 heteroatoms. The Labute approximate surface area is 201 Å². The predicted molar refractivity (Wildman–Crippen MR) is 126 cm³/mol. The third-order valence-corrected chi connectivity index (χ3v) is 5.88. The Balaban J connectivity index is 1.76. The van der Waals surface area contributed by atoms with Crippen LogP contribution >= 0.6 is 0 Å². The second kappa shape index (κ2) is 11.5. The number of H-pyrrole nitrogens is 1. The van der Waals surface area contributed by atoms with Crippen LogP contribution in [0.15, 0.2) is 30.5 Å². The van der Waals surface area contributed by atoms with Crippen LogP contribution in [0.2, 0.25) is 0 Å². The standard InChI is InChI=1S/C23H30N6O6/c1-12(27-21(32)16-7-4-8-25-16)20(31)28-17(22(33)29-18(23(34)35)10-19(24)30)9-13-11-26-15-6-3-2-5-14(13)15/h2-3,5-6,11-12,16-18,25-26H,4,7-10H2,1H3,(H2,24,30)(H,27,32)(H,28,31)(H,29,33)(H,34,35). The molecule has 0 radical (unpaired) electrons. The van der Waals surface area contributed by atoms with Gasteiger partial charge in [-0.3, -0.25) is 19.2 Å². The second-order valence-electron chi connectivity index (χ2n) is 8.57. The maximum atomic E-state index is 13.0. The van der Waals surface area contributed by atoms with Gasteiger partial charge in [0, 0.05) is 23.5 Å². The van der Waals surface area contributed by atoms with Gasteiger partial charge in [-0.2, -0.15) is 0 Å². The van der Waals surface area contributed by atoms with Crippen molar-refractivity contribution in [2.24, 2.45) is 5.73 Å². The van der Waals surface area contributed by atoms with Crippen molar-refractivity contribution in [2.45, 2.75) is 56.8 Å². The number of carboxylic acid groups (broad SMARTS) is 1. The summed E-state index contributed by atoms with van der Waals surface area (Å²) in [5, 5.41) is 20.8. The van der Waals surface area contributed by atoms with Gasteiger partial charge in [-0.1, -0.05) is 18.2 Å². The van der Waals surface area contributed by atoms with E-state index < -0.39 is 48.2 Å². The molecule has 12 nitrogen and oxygen atoms in total. The molecule has 4 atom stereocenters. The number of hydrogen-bond acceptors (Lipinski definition) is 6. The first-order valence-corrected chi connectivity index (χ1v) is 11.4. The van der Waals surface area contributed by atoms with Gasteiger partial charge in [0.15, 0.2) is 0 Å². The minimum absolute atomic E-state index is 0.0370. The van der Waals surface area contributed by atoms with Gasteiger partial charge in [0.2, 0.25) is 23.6 Å². The molecule has 4 amide bonds. The highest BCUT2D eigenvalue weighted by molar-refractivity contribution is 5.95. The van der Waals surface area contributed by atoms with Crippen molar-refractivity contribution >= 4 is 40.5 Å². The predicted octanol–water partition coefficient (Wildman–Crippen LogP) is -1.10. The minimum atomic E-state index is -1.55. The molecule has 0 saturated carbocycles. The number of rotatable bonds is 11. The smallest absolute Gasteiger partial charge is 0.326 e. The van der Waals surface area contributed by atoms with Gasteiger partial charge in [0.1, 0.15) is 18.1 Å². The average molecular weight is 487 g/mol. The van der Waals surface area contributed by atoms with E-state index in [0.717, 1.165) is 29.4 Å². The molecule has 2 aromatic rings. The van der Waals surface area contributed by atoms with E-state index >= 15 is 0 Å². The van der Waals surface area contributed by atoms with Crippen LogP contribution in [0.4, 0.5) is 0 Å². The molecule has 1 aromatic carbocycles. The highest BCUT2D eigenvalue weighted by atomic mass is 16.4. The third kappa shape index (κ3) is 6.79. The highest BCUT2D eigenvalue weighted by Crippen LogP contribution is 2.19. The number of aromatic amines is 1. The van der Waals surface area contributed by atoms with Crippen molar-refractivity contribution in [3.05, 3.63) is 36.0 Å². The van der Waals surface area contributed by atoms with Crippen LogP contribution in [-0.2, 0) is 30.4 Å². The van der Waals surface area contributed by atoms with Gasteiger partial charge >= 0.3 is 5.97 Å². The Bertz CT molecular complexity index is 1110. The summed E-state index contributed by atoms with van der Waals surface area (Å²) in [6, 6.07) is 3.34. The Morgan fingerprint density at radius 1 is 1.09 bits per heavy atom. The first-order chi connectivity index (χ1) is 16.7. The lowest BCUT2D eigenvalue weighted by Gasteiger charge is -2.23. The lowest BCUT2D eigenvalue weighted by atomic mass is 10.0. The molecule has 3 rings (SSSR count). The summed E-state index contributed by atoms with van der Waals surface area (Å²) in [7, 11) is 0. The normalized spacial score (nSPS) is 17.8. The molecule has 1 fully saturated rings. The number of fused-ring (bicyclic) bond motifs is 1. The zero-order chi connectivity index (χ0) is 25.5. The average Bonchev–Trinajstić information content (AvgIpc) is 3.48. The van der Waals surface area contributed by atoms with Crippen molar-refractivity contribution in [1.29, 1.82) is 0 Å². The molecule has 8 N–H and O–H groups in total. The number of nitrogens with two attached hydrogens (primary N) is 1. The van der Waals surface area contributed by atoms with E-state index in [1.165, 1.54) is 6.92 Å². The number of carbonyl (C=O) groups excluding carboxylic acids is 4. The van der Waals surface area contributed by atoms with Crippen molar-refractivity contribution in [1.82, 2.24) is 26.3 Å². The lowest BCUT2D eigenvalue weighted by molar-refractivity contribution is -0.143. The van der Waals surface area contributed by atoms with Gasteiger partial charge in [-0.15, -0.1) is 0 Å². The molecule has 0 aliphatic carbocycles. The Hall–Kier alpha value is -3.93. The molecule has 4 unspecified atom stereocenters. The van der Waals surface area contributed by atoms with Crippen LogP contribution < -0.4 is 27.0 Å². The number of primary amides is 1. The second-order valence-corrected chi connectivity index (χ2v) is 8.57. The molecule has 1 aliphatic rings. The van der Waals surface area contributed by atoms with Crippen LogP contribution in [-0.4, -0.2) is 70.4 Å². The molecule has 1 aromatic heterocycles. The largest absolute Gasteiger partial charge is 0.480 e. The van der Waals surface area contributed by atoms with Gasteiger partial charge in [-0.25, -0.2) is 4.79 Å². The van der Waals surface area contributed by atoms with Crippen LogP contribution in [0.5, 0.6) is 0 Å². The number of amides is 4. The van der Waals surface area contributed by atoms with Gasteiger partial charge < -0.3 is 37.1 Å². The summed E-state index contributed by atoms with van der Waals surface area (Å²) < 4.78 is 0. The van der Waals surface area contributed by atoms with Gasteiger partial charge in [0.25, 0.3) is 0 Å².